The van der Waals surface area contributed by atoms with Crippen molar-refractivity contribution < 1.29 is 14.0 Å². The Balaban J connectivity index is 1.59. The molecule has 1 N–H and O–H groups in total. The summed E-state index contributed by atoms with van der Waals surface area (Å²) in [6.07, 6.45) is 0.518. The minimum atomic E-state index is -0.473. The van der Waals surface area contributed by atoms with E-state index in [1.165, 1.54) is 12.1 Å². The Morgan fingerprint density at radius 2 is 1.76 bits per heavy atom. The van der Waals surface area contributed by atoms with Crippen molar-refractivity contribution in [3.8, 4) is 0 Å². The molecule has 2 aromatic rings. The third-order valence-electron chi connectivity index (χ3n) is 4.49. The van der Waals surface area contributed by atoms with Crippen LogP contribution in [0.3, 0.4) is 0 Å². The number of hydrogen-bond donors (Lipinski definition) is 1. The second-order valence-electron chi connectivity index (χ2n) is 6.26. The lowest BCUT2D eigenvalue weighted by Gasteiger charge is -2.21. The van der Waals surface area contributed by atoms with Crippen LogP contribution in [0.2, 0.25) is 0 Å². The molecule has 1 aliphatic carbocycles. The molecule has 2 amide bonds. The van der Waals surface area contributed by atoms with Crippen molar-refractivity contribution in [2.75, 3.05) is 11.9 Å². The van der Waals surface area contributed by atoms with Crippen LogP contribution >= 0.6 is 0 Å². The zero-order chi connectivity index (χ0) is 17.8. The van der Waals surface area contributed by atoms with Gasteiger partial charge in [0.15, 0.2) is 0 Å². The quantitative estimate of drug-likeness (QED) is 0.876. The molecule has 1 saturated carbocycles. The normalized spacial score (nSPS) is 18.5. The predicted molar refractivity (Wildman–Crippen MR) is 94.2 cm³/mol. The van der Waals surface area contributed by atoms with Gasteiger partial charge >= 0.3 is 0 Å². The van der Waals surface area contributed by atoms with Gasteiger partial charge in [-0.1, -0.05) is 42.5 Å². The minimum absolute atomic E-state index is 0.0139. The van der Waals surface area contributed by atoms with Gasteiger partial charge in [0.1, 0.15) is 5.82 Å². The number of nitrogens with zero attached hydrogens (tertiary/aromatic N) is 1. The highest BCUT2D eigenvalue weighted by molar-refractivity contribution is 5.99. The standard InChI is InChI=1S/C20H21FN2O2/c1-2-23(13-14-8-4-3-5-9-14)20(25)16-12-15(16)19(24)22-18-11-7-6-10-17(18)21/h3-11,15-16H,2,12-13H2,1H3,(H,22,24). The Morgan fingerprint density at radius 3 is 2.44 bits per heavy atom. The number of anilines is 1. The molecule has 0 aliphatic heterocycles. The number of rotatable bonds is 6. The fourth-order valence-electron chi connectivity index (χ4n) is 2.93. The summed E-state index contributed by atoms with van der Waals surface area (Å²) in [4.78, 5) is 26.7. The van der Waals surface area contributed by atoms with E-state index >= 15 is 0 Å². The third kappa shape index (κ3) is 4.05. The summed E-state index contributed by atoms with van der Waals surface area (Å²) in [5.41, 5.74) is 1.22. The highest BCUT2D eigenvalue weighted by Gasteiger charge is 2.49. The molecule has 130 valence electrons. The summed E-state index contributed by atoms with van der Waals surface area (Å²) < 4.78 is 13.6. The zero-order valence-electron chi connectivity index (χ0n) is 14.1. The molecule has 2 aromatic carbocycles. The number of nitrogens with one attached hydrogen (secondary N) is 1. The molecular formula is C20H21FN2O2. The smallest absolute Gasteiger partial charge is 0.228 e. The first-order valence-corrected chi connectivity index (χ1v) is 8.48. The molecule has 0 radical (unpaired) electrons. The number of para-hydroxylation sites is 1. The maximum absolute atomic E-state index is 13.6. The van der Waals surface area contributed by atoms with Crippen LogP contribution in [-0.2, 0) is 16.1 Å². The van der Waals surface area contributed by atoms with E-state index in [1.54, 1.807) is 17.0 Å². The fraction of sp³-hybridized carbons (Fsp3) is 0.300. The van der Waals surface area contributed by atoms with Gasteiger partial charge in [-0.15, -0.1) is 0 Å². The van der Waals surface area contributed by atoms with E-state index in [-0.39, 0.29) is 29.3 Å². The summed E-state index contributed by atoms with van der Waals surface area (Å²) in [6, 6.07) is 15.8. The highest BCUT2D eigenvalue weighted by Crippen LogP contribution is 2.41. The summed E-state index contributed by atoms with van der Waals surface area (Å²) in [5.74, 6) is -1.47. The van der Waals surface area contributed by atoms with Crippen LogP contribution in [0.1, 0.15) is 18.9 Å². The van der Waals surface area contributed by atoms with Crippen molar-refractivity contribution in [3.63, 3.8) is 0 Å². The summed E-state index contributed by atoms with van der Waals surface area (Å²) >= 11 is 0. The van der Waals surface area contributed by atoms with Gasteiger partial charge in [0.25, 0.3) is 0 Å². The number of halogens is 1. The van der Waals surface area contributed by atoms with Gasteiger partial charge in [-0.3, -0.25) is 9.59 Å². The summed E-state index contributed by atoms with van der Waals surface area (Å²) in [6.45, 7) is 3.05. The maximum atomic E-state index is 13.6. The van der Waals surface area contributed by atoms with Crippen LogP contribution in [0.25, 0.3) is 0 Å². The molecule has 2 unspecified atom stereocenters. The van der Waals surface area contributed by atoms with Crippen molar-refractivity contribution >= 4 is 17.5 Å². The largest absolute Gasteiger partial charge is 0.338 e. The average Bonchev–Trinajstić information content (AvgIpc) is 3.43. The molecule has 4 nitrogen and oxygen atoms in total. The Labute approximate surface area is 146 Å². The molecule has 0 saturated heterocycles. The van der Waals surface area contributed by atoms with E-state index in [2.05, 4.69) is 5.32 Å². The lowest BCUT2D eigenvalue weighted by Crippen LogP contribution is -2.33. The van der Waals surface area contributed by atoms with Gasteiger partial charge in [0.05, 0.1) is 17.5 Å². The van der Waals surface area contributed by atoms with E-state index < -0.39 is 5.82 Å². The number of hydrogen-bond acceptors (Lipinski definition) is 2. The second-order valence-corrected chi connectivity index (χ2v) is 6.26. The molecule has 1 fully saturated rings. The van der Waals surface area contributed by atoms with E-state index in [9.17, 15) is 14.0 Å². The highest BCUT2D eigenvalue weighted by atomic mass is 19.1. The van der Waals surface area contributed by atoms with Crippen LogP contribution in [-0.4, -0.2) is 23.3 Å². The monoisotopic (exact) mass is 340 g/mol. The van der Waals surface area contributed by atoms with Crippen LogP contribution < -0.4 is 5.32 Å². The van der Waals surface area contributed by atoms with Crippen LogP contribution in [0, 0.1) is 17.7 Å². The molecule has 0 aromatic heterocycles. The van der Waals surface area contributed by atoms with Crippen molar-refractivity contribution in [1.29, 1.82) is 0 Å². The van der Waals surface area contributed by atoms with Crippen molar-refractivity contribution in [2.24, 2.45) is 11.8 Å². The Bertz CT molecular complexity index is 763. The number of benzene rings is 2. The van der Waals surface area contributed by atoms with E-state index in [4.69, 9.17) is 0 Å². The molecular weight excluding hydrogens is 319 g/mol. The average molecular weight is 340 g/mol. The van der Waals surface area contributed by atoms with Crippen molar-refractivity contribution in [1.82, 2.24) is 4.90 Å². The van der Waals surface area contributed by atoms with Gasteiger partial charge in [0, 0.05) is 13.1 Å². The van der Waals surface area contributed by atoms with E-state index in [1.807, 2.05) is 37.3 Å². The Hall–Kier alpha value is -2.69. The SMILES string of the molecule is CCN(Cc1ccccc1)C(=O)C1CC1C(=O)Nc1ccccc1F. The molecule has 1 aliphatic rings. The minimum Gasteiger partial charge on any atom is -0.338 e. The van der Waals surface area contributed by atoms with Crippen LogP contribution in [0.15, 0.2) is 54.6 Å². The lowest BCUT2D eigenvalue weighted by molar-refractivity contribution is -0.134. The second kappa shape index (κ2) is 7.47. The number of carbonyl (C=O) groups excluding carboxylic acids is 2. The molecule has 3 rings (SSSR count). The van der Waals surface area contributed by atoms with Gasteiger partial charge in [-0.05, 0) is 31.0 Å². The molecule has 0 spiro atoms. The van der Waals surface area contributed by atoms with Gasteiger partial charge in [-0.25, -0.2) is 4.39 Å². The van der Waals surface area contributed by atoms with Gasteiger partial charge in [0.2, 0.25) is 11.8 Å². The van der Waals surface area contributed by atoms with Gasteiger partial charge < -0.3 is 10.2 Å². The zero-order valence-corrected chi connectivity index (χ0v) is 14.1. The third-order valence-corrected chi connectivity index (χ3v) is 4.49. The first kappa shape index (κ1) is 17.1. The van der Waals surface area contributed by atoms with Gasteiger partial charge in [-0.2, -0.15) is 0 Å². The van der Waals surface area contributed by atoms with Crippen molar-refractivity contribution in [3.05, 3.63) is 66.0 Å². The molecule has 0 heterocycles. The lowest BCUT2D eigenvalue weighted by atomic mass is 10.2. The molecule has 0 bridgehead atoms. The summed E-state index contributed by atoms with van der Waals surface area (Å²) in [5, 5.41) is 2.58. The van der Waals surface area contributed by atoms with Crippen molar-refractivity contribution in [2.45, 2.75) is 19.9 Å². The number of carbonyl (C=O) groups is 2. The van der Waals surface area contributed by atoms with Crippen LogP contribution in [0.5, 0.6) is 0 Å². The first-order chi connectivity index (χ1) is 12.1. The van der Waals surface area contributed by atoms with Crippen LogP contribution in [0.4, 0.5) is 10.1 Å². The fourth-order valence-corrected chi connectivity index (χ4v) is 2.93. The summed E-state index contributed by atoms with van der Waals surface area (Å²) in [7, 11) is 0. The molecule has 2 atom stereocenters. The topological polar surface area (TPSA) is 49.4 Å². The Morgan fingerprint density at radius 1 is 1.08 bits per heavy atom. The molecule has 25 heavy (non-hydrogen) atoms. The van der Waals surface area contributed by atoms with E-state index in [0.717, 1.165) is 5.56 Å². The Kier molecular flexibility index (Phi) is 5.12. The number of amides is 2. The first-order valence-electron chi connectivity index (χ1n) is 8.48. The maximum Gasteiger partial charge on any atom is 0.228 e. The van der Waals surface area contributed by atoms with E-state index in [0.29, 0.717) is 19.5 Å². The molecule has 5 heteroatoms. The predicted octanol–water partition coefficient (Wildman–Crippen LogP) is 3.45.